The smallest absolute Gasteiger partial charge is 0.0466 e. The highest BCUT2D eigenvalue weighted by molar-refractivity contribution is 4.60. The molecule has 0 amide bonds. The molecule has 1 nitrogen and oxygen atoms in total. The van der Waals surface area contributed by atoms with E-state index >= 15 is 0 Å². The van der Waals surface area contributed by atoms with Crippen molar-refractivity contribution in [3.63, 3.8) is 0 Å². The zero-order chi connectivity index (χ0) is 9.07. The fraction of sp³-hybridized carbons (Fsp3) is 0.909. The molecule has 0 aliphatic carbocycles. The second kappa shape index (κ2) is 11.0. The molecule has 1 heteroatoms. The molecule has 0 saturated carbocycles. The van der Waals surface area contributed by atoms with Crippen LogP contribution in [0.25, 0.3) is 0 Å². The summed E-state index contributed by atoms with van der Waals surface area (Å²) in [6, 6.07) is 0. The molecule has 0 rings (SSSR count). The predicted molar refractivity (Wildman–Crippen MR) is 54.2 cm³/mol. The van der Waals surface area contributed by atoms with Gasteiger partial charge in [-0.15, -0.1) is 0 Å². The van der Waals surface area contributed by atoms with E-state index in [0.717, 1.165) is 13.2 Å². The Morgan fingerprint density at radius 2 is 1.75 bits per heavy atom. The van der Waals surface area contributed by atoms with Crippen LogP contribution in [0.15, 0.2) is 0 Å². The van der Waals surface area contributed by atoms with Crippen molar-refractivity contribution in [2.45, 2.75) is 52.4 Å². The molecule has 0 bridgehead atoms. The van der Waals surface area contributed by atoms with Crippen LogP contribution in [0.3, 0.4) is 0 Å². The van der Waals surface area contributed by atoms with E-state index in [-0.39, 0.29) is 0 Å². The summed E-state index contributed by atoms with van der Waals surface area (Å²) in [6.07, 6.45) is 9.77. The highest BCUT2D eigenvalue weighted by Crippen LogP contribution is 2.01. The molecule has 0 aromatic carbocycles. The van der Waals surface area contributed by atoms with Crippen molar-refractivity contribution in [3.05, 3.63) is 6.42 Å². The maximum absolute atomic E-state index is 5.44. The summed E-state index contributed by atoms with van der Waals surface area (Å²) in [7, 11) is 0. The summed E-state index contributed by atoms with van der Waals surface area (Å²) in [4.78, 5) is 0. The Kier molecular flexibility index (Phi) is 10.9. The van der Waals surface area contributed by atoms with E-state index in [2.05, 4.69) is 20.3 Å². The lowest BCUT2D eigenvalue weighted by Crippen LogP contribution is -1.96. The second-order valence-electron chi connectivity index (χ2n) is 3.16. The largest absolute Gasteiger partial charge is 0.381 e. The van der Waals surface area contributed by atoms with E-state index in [1.165, 1.54) is 38.5 Å². The van der Waals surface area contributed by atoms with Crippen LogP contribution in [0.1, 0.15) is 52.4 Å². The summed E-state index contributed by atoms with van der Waals surface area (Å²) in [5.74, 6) is 0. The third-order valence-electron chi connectivity index (χ3n) is 1.88. The van der Waals surface area contributed by atoms with Crippen molar-refractivity contribution < 1.29 is 4.74 Å². The van der Waals surface area contributed by atoms with Crippen LogP contribution in [-0.2, 0) is 4.74 Å². The highest BCUT2D eigenvalue weighted by atomic mass is 16.5. The number of rotatable bonds is 9. The van der Waals surface area contributed by atoms with Crippen LogP contribution in [0.5, 0.6) is 0 Å². The third kappa shape index (κ3) is 9.96. The van der Waals surface area contributed by atoms with Crippen molar-refractivity contribution in [2.75, 3.05) is 13.2 Å². The van der Waals surface area contributed by atoms with Crippen LogP contribution in [-0.4, -0.2) is 13.2 Å². The molecule has 0 aromatic rings. The number of unbranched alkanes of at least 4 members (excludes halogenated alkanes) is 5. The maximum atomic E-state index is 5.44. The van der Waals surface area contributed by atoms with Gasteiger partial charge in [-0.3, -0.25) is 0 Å². The average Bonchev–Trinajstić information content (AvgIpc) is 2.10. The van der Waals surface area contributed by atoms with Crippen LogP contribution in [0.4, 0.5) is 0 Å². The quantitative estimate of drug-likeness (QED) is 0.482. The molecule has 0 unspecified atom stereocenters. The zero-order valence-electron chi connectivity index (χ0n) is 8.64. The maximum Gasteiger partial charge on any atom is 0.0466 e. The highest BCUT2D eigenvalue weighted by Gasteiger charge is 1.89. The predicted octanol–water partition coefficient (Wildman–Crippen LogP) is 3.59. The van der Waals surface area contributed by atoms with Gasteiger partial charge in [-0.05, 0) is 19.3 Å². The summed E-state index contributed by atoms with van der Waals surface area (Å²) in [5.41, 5.74) is 0. The molecule has 0 N–H and O–H groups in total. The van der Waals surface area contributed by atoms with Crippen molar-refractivity contribution in [3.8, 4) is 0 Å². The molecule has 0 spiro atoms. The van der Waals surface area contributed by atoms with Gasteiger partial charge in [0.1, 0.15) is 0 Å². The van der Waals surface area contributed by atoms with Crippen LogP contribution >= 0.6 is 0 Å². The monoisotopic (exact) mass is 171 g/mol. The van der Waals surface area contributed by atoms with E-state index in [9.17, 15) is 0 Å². The Morgan fingerprint density at radius 3 is 2.42 bits per heavy atom. The van der Waals surface area contributed by atoms with Crippen molar-refractivity contribution in [2.24, 2.45) is 0 Å². The molecule has 0 heterocycles. The van der Waals surface area contributed by atoms with Gasteiger partial charge >= 0.3 is 0 Å². The number of hydrogen-bond acceptors (Lipinski definition) is 1. The van der Waals surface area contributed by atoms with E-state index in [4.69, 9.17) is 4.74 Å². The standard InChI is InChI=1S/C11H23O/c1-3-5-7-8-9-11-12-10-6-4-2/h5H,3-4,6-11H2,1-2H3. The van der Waals surface area contributed by atoms with Crippen molar-refractivity contribution >= 4 is 0 Å². The summed E-state index contributed by atoms with van der Waals surface area (Å²) >= 11 is 0. The molecule has 0 aliphatic rings. The minimum absolute atomic E-state index is 0.952. The molecule has 1 radical (unpaired) electrons. The lowest BCUT2D eigenvalue weighted by molar-refractivity contribution is 0.127. The van der Waals surface area contributed by atoms with Gasteiger partial charge in [-0.25, -0.2) is 0 Å². The number of ether oxygens (including phenoxy) is 1. The van der Waals surface area contributed by atoms with Gasteiger partial charge in [0.2, 0.25) is 0 Å². The summed E-state index contributed by atoms with van der Waals surface area (Å²) in [6.45, 7) is 6.29. The SMILES string of the molecule is CC[CH]CCCCOCCCC. The average molecular weight is 171 g/mol. The Labute approximate surface area is 77.5 Å². The Bertz CT molecular complexity index is 61.4. The molecule has 0 fully saturated rings. The lowest BCUT2D eigenvalue weighted by atomic mass is 10.2. The van der Waals surface area contributed by atoms with E-state index in [0.29, 0.717) is 0 Å². The minimum atomic E-state index is 0.952. The van der Waals surface area contributed by atoms with Crippen LogP contribution in [0.2, 0.25) is 0 Å². The molecule has 0 atom stereocenters. The molecular weight excluding hydrogens is 148 g/mol. The van der Waals surface area contributed by atoms with Crippen LogP contribution in [0, 0.1) is 6.42 Å². The zero-order valence-corrected chi connectivity index (χ0v) is 8.64. The first kappa shape index (κ1) is 12.0. The molecule has 0 saturated heterocycles. The van der Waals surface area contributed by atoms with E-state index in [1.54, 1.807) is 0 Å². The topological polar surface area (TPSA) is 9.23 Å². The first-order chi connectivity index (χ1) is 5.91. The molecular formula is C11H23O. The fourth-order valence-electron chi connectivity index (χ4n) is 1.05. The Hall–Kier alpha value is -0.0400. The van der Waals surface area contributed by atoms with Gasteiger partial charge in [0.05, 0.1) is 0 Å². The van der Waals surface area contributed by atoms with Crippen molar-refractivity contribution in [1.82, 2.24) is 0 Å². The van der Waals surface area contributed by atoms with E-state index in [1.807, 2.05) is 0 Å². The Balaban J connectivity index is 2.73. The fourth-order valence-corrected chi connectivity index (χ4v) is 1.05. The van der Waals surface area contributed by atoms with E-state index < -0.39 is 0 Å². The Morgan fingerprint density at radius 1 is 1.00 bits per heavy atom. The first-order valence-electron chi connectivity index (χ1n) is 5.31. The van der Waals surface area contributed by atoms with Gasteiger partial charge in [0, 0.05) is 13.2 Å². The van der Waals surface area contributed by atoms with Gasteiger partial charge in [0.25, 0.3) is 0 Å². The van der Waals surface area contributed by atoms with Gasteiger partial charge < -0.3 is 4.74 Å². The van der Waals surface area contributed by atoms with Crippen LogP contribution < -0.4 is 0 Å². The summed E-state index contributed by atoms with van der Waals surface area (Å²) < 4.78 is 5.44. The second-order valence-corrected chi connectivity index (χ2v) is 3.16. The number of hydrogen-bond donors (Lipinski definition) is 0. The van der Waals surface area contributed by atoms with Gasteiger partial charge in [-0.1, -0.05) is 39.5 Å². The molecule has 73 valence electrons. The normalized spacial score (nSPS) is 10.5. The third-order valence-corrected chi connectivity index (χ3v) is 1.88. The minimum Gasteiger partial charge on any atom is -0.381 e. The van der Waals surface area contributed by atoms with Gasteiger partial charge in [-0.2, -0.15) is 0 Å². The molecule has 0 aliphatic heterocycles. The molecule has 12 heavy (non-hydrogen) atoms. The van der Waals surface area contributed by atoms with Gasteiger partial charge in [0.15, 0.2) is 0 Å². The van der Waals surface area contributed by atoms with Crippen molar-refractivity contribution in [1.29, 1.82) is 0 Å². The lowest BCUT2D eigenvalue weighted by Gasteiger charge is -2.02. The molecule has 0 aromatic heterocycles. The first-order valence-corrected chi connectivity index (χ1v) is 5.31. The summed E-state index contributed by atoms with van der Waals surface area (Å²) in [5, 5.41) is 0.